The van der Waals surface area contributed by atoms with Gasteiger partial charge in [-0.1, -0.05) is 47.6 Å². The van der Waals surface area contributed by atoms with E-state index in [0.717, 1.165) is 16.3 Å². The minimum absolute atomic E-state index is 0.211. The van der Waals surface area contributed by atoms with Gasteiger partial charge in [0.05, 0.1) is 6.21 Å². The van der Waals surface area contributed by atoms with Gasteiger partial charge in [0, 0.05) is 11.6 Å². The van der Waals surface area contributed by atoms with Crippen molar-refractivity contribution in [3.8, 4) is 0 Å². The second kappa shape index (κ2) is 5.58. The van der Waals surface area contributed by atoms with E-state index in [9.17, 15) is 4.79 Å². The number of nitrogens with zero attached hydrogens (tertiary/aromatic N) is 2. The maximum absolute atomic E-state index is 11.8. The standard InChI is InChI=1S/C16H13N3O2/c1-11-9-15(19-21-11)16(20)18-17-10-13-7-4-6-12-5-2-3-8-14(12)13/h2-10H,1H3,(H,18,20)/b17-10+. The van der Waals surface area contributed by atoms with Crippen molar-refractivity contribution in [2.24, 2.45) is 5.10 Å². The molecular formula is C16H13N3O2. The zero-order chi connectivity index (χ0) is 14.7. The Bertz CT molecular complexity index is 816. The molecule has 104 valence electrons. The summed E-state index contributed by atoms with van der Waals surface area (Å²) in [4.78, 5) is 11.8. The average Bonchev–Trinajstić information content (AvgIpc) is 2.94. The highest BCUT2D eigenvalue weighted by molar-refractivity contribution is 6.00. The number of rotatable bonds is 3. The van der Waals surface area contributed by atoms with E-state index >= 15 is 0 Å². The number of aromatic nitrogens is 1. The maximum atomic E-state index is 11.8. The fraction of sp³-hybridized carbons (Fsp3) is 0.0625. The molecule has 0 bridgehead atoms. The first-order valence-corrected chi connectivity index (χ1v) is 6.48. The molecule has 0 fully saturated rings. The van der Waals surface area contributed by atoms with Crippen molar-refractivity contribution in [3.63, 3.8) is 0 Å². The molecule has 0 radical (unpaired) electrons. The van der Waals surface area contributed by atoms with Gasteiger partial charge in [0.25, 0.3) is 5.91 Å². The first-order valence-electron chi connectivity index (χ1n) is 6.48. The maximum Gasteiger partial charge on any atom is 0.293 e. The first kappa shape index (κ1) is 13.1. The second-order valence-corrected chi connectivity index (χ2v) is 4.59. The summed E-state index contributed by atoms with van der Waals surface area (Å²) in [6, 6.07) is 15.5. The van der Waals surface area contributed by atoms with Crippen LogP contribution >= 0.6 is 0 Å². The SMILES string of the molecule is Cc1cc(C(=O)N/N=C/c2cccc3ccccc23)no1. The van der Waals surface area contributed by atoms with Crippen LogP contribution in [0.4, 0.5) is 0 Å². The van der Waals surface area contributed by atoms with Crippen molar-refractivity contribution >= 4 is 22.9 Å². The number of aryl methyl sites for hydroxylation is 1. The lowest BCUT2D eigenvalue weighted by molar-refractivity contribution is 0.0946. The molecule has 1 heterocycles. The smallest absolute Gasteiger partial charge is 0.293 e. The van der Waals surface area contributed by atoms with Crippen LogP contribution in [-0.4, -0.2) is 17.3 Å². The first-order chi connectivity index (χ1) is 10.2. The Labute approximate surface area is 121 Å². The molecule has 1 aromatic heterocycles. The molecule has 0 spiro atoms. The van der Waals surface area contributed by atoms with Gasteiger partial charge in [-0.05, 0) is 17.7 Å². The van der Waals surface area contributed by atoms with Crippen LogP contribution in [0.15, 0.2) is 58.2 Å². The highest BCUT2D eigenvalue weighted by Crippen LogP contribution is 2.16. The summed E-state index contributed by atoms with van der Waals surface area (Å²) < 4.78 is 4.85. The van der Waals surface area contributed by atoms with Crippen LogP contribution in [0.2, 0.25) is 0 Å². The van der Waals surface area contributed by atoms with Crippen LogP contribution in [0, 0.1) is 6.92 Å². The third-order valence-electron chi connectivity index (χ3n) is 3.05. The summed E-state index contributed by atoms with van der Waals surface area (Å²) in [6.45, 7) is 1.73. The van der Waals surface area contributed by atoms with Crippen LogP contribution in [0.1, 0.15) is 21.8 Å². The number of amides is 1. The number of benzene rings is 2. The summed E-state index contributed by atoms with van der Waals surface area (Å²) >= 11 is 0. The van der Waals surface area contributed by atoms with Crippen molar-refractivity contribution < 1.29 is 9.32 Å². The lowest BCUT2D eigenvalue weighted by atomic mass is 10.1. The molecule has 2 aromatic carbocycles. The molecule has 3 aromatic rings. The number of hydrogen-bond donors (Lipinski definition) is 1. The predicted octanol–water partition coefficient (Wildman–Crippen LogP) is 2.90. The minimum Gasteiger partial charge on any atom is -0.361 e. The van der Waals surface area contributed by atoms with Gasteiger partial charge in [-0.3, -0.25) is 4.79 Å². The van der Waals surface area contributed by atoms with Crippen LogP contribution < -0.4 is 5.43 Å². The highest BCUT2D eigenvalue weighted by atomic mass is 16.5. The zero-order valence-corrected chi connectivity index (χ0v) is 11.4. The largest absolute Gasteiger partial charge is 0.361 e. The Kier molecular flexibility index (Phi) is 3.47. The lowest BCUT2D eigenvalue weighted by Gasteiger charge is -2.01. The Hall–Kier alpha value is -2.95. The normalized spacial score (nSPS) is 11.1. The molecule has 0 saturated heterocycles. The van der Waals surface area contributed by atoms with Crippen molar-refractivity contribution in [3.05, 3.63) is 65.5 Å². The van der Waals surface area contributed by atoms with E-state index in [4.69, 9.17) is 4.52 Å². The van der Waals surface area contributed by atoms with Gasteiger partial charge in [-0.15, -0.1) is 0 Å². The Morgan fingerprint density at radius 2 is 2.05 bits per heavy atom. The monoisotopic (exact) mass is 279 g/mol. The van der Waals surface area contributed by atoms with Crippen LogP contribution in [0.25, 0.3) is 10.8 Å². The zero-order valence-electron chi connectivity index (χ0n) is 11.4. The van der Waals surface area contributed by atoms with E-state index in [-0.39, 0.29) is 5.69 Å². The minimum atomic E-state index is -0.400. The lowest BCUT2D eigenvalue weighted by Crippen LogP contribution is -2.17. The van der Waals surface area contributed by atoms with Gasteiger partial charge >= 0.3 is 0 Å². The van der Waals surface area contributed by atoms with E-state index in [1.54, 1.807) is 19.2 Å². The summed E-state index contributed by atoms with van der Waals surface area (Å²) in [6.07, 6.45) is 1.62. The molecule has 0 saturated carbocycles. The van der Waals surface area contributed by atoms with E-state index in [2.05, 4.69) is 15.7 Å². The van der Waals surface area contributed by atoms with Gasteiger partial charge in [-0.25, -0.2) is 5.43 Å². The Morgan fingerprint density at radius 1 is 1.24 bits per heavy atom. The number of nitrogens with one attached hydrogen (secondary N) is 1. The number of carbonyl (C=O) groups excluding carboxylic acids is 1. The number of fused-ring (bicyclic) bond motifs is 1. The highest BCUT2D eigenvalue weighted by Gasteiger charge is 2.09. The van der Waals surface area contributed by atoms with Gasteiger partial charge in [0.15, 0.2) is 5.69 Å². The quantitative estimate of drug-likeness (QED) is 0.592. The van der Waals surface area contributed by atoms with Crippen molar-refractivity contribution in [1.29, 1.82) is 0 Å². The van der Waals surface area contributed by atoms with Crippen LogP contribution in [-0.2, 0) is 0 Å². The molecule has 1 amide bonds. The molecule has 0 aliphatic carbocycles. The number of carbonyl (C=O) groups is 1. The van der Waals surface area contributed by atoms with Crippen molar-refractivity contribution in [2.45, 2.75) is 6.92 Å². The van der Waals surface area contributed by atoms with Gasteiger partial charge in [0.1, 0.15) is 5.76 Å². The molecule has 5 nitrogen and oxygen atoms in total. The molecule has 0 aliphatic heterocycles. The fourth-order valence-electron chi connectivity index (χ4n) is 2.05. The molecule has 0 unspecified atom stereocenters. The summed E-state index contributed by atoms with van der Waals surface area (Å²) in [5, 5.41) is 9.81. The molecule has 5 heteroatoms. The van der Waals surface area contributed by atoms with E-state index in [1.165, 1.54) is 0 Å². The average molecular weight is 279 g/mol. The van der Waals surface area contributed by atoms with Crippen molar-refractivity contribution in [2.75, 3.05) is 0 Å². The Morgan fingerprint density at radius 3 is 2.86 bits per heavy atom. The molecule has 0 atom stereocenters. The summed E-state index contributed by atoms with van der Waals surface area (Å²) in [7, 11) is 0. The molecule has 3 rings (SSSR count). The van der Waals surface area contributed by atoms with Crippen molar-refractivity contribution in [1.82, 2.24) is 10.6 Å². The van der Waals surface area contributed by atoms with Crippen LogP contribution in [0.5, 0.6) is 0 Å². The third-order valence-corrected chi connectivity index (χ3v) is 3.05. The van der Waals surface area contributed by atoms with Gasteiger partial charge < -0.3 is 4.52 Å². The number of hydrazone groups is 1. The van der Waals surface area contributed by atoms with Crippen LogP contribution in [0.3, 0.4) is 0 Å². The summed E-state index contributed by atoms with van der Waals surface area (Å²) in [5.74, 6) is 0.182. The molecular weight excluding hydrogens is 266 g/mol. The predicted molar refractivity (Wildman–Crippen MR) is 80.2 cm³/mol. The van der Waals surface area contributed by atoms with E-state index < -0.39 is 5.91 Å². The molecule has 21 heavy (non-hydrogen) atoms. The Balaban J connectivity index is 1.78. The topological polar surface area (TPSA) is 67.5 Å². The molecule has 0 aliphatic rings. The van der Waals surface area contributed by atoms with Gasteiger partial charge in [0.2, 0.25) is 0 Å². The summed E-state index contributed by atoms with van der Waals surface area (Å²) in [5.41, 5.74) is 3.58. The van der Waals surface area contributed by atoms with E-state index in [1.807, 2.05) is 42.5 Å². The number of hydrogen-bond acceptors (Lipinski definition) is 4. The van der Waals surface area contributed by atoms with E-state index in [0.29, 0.717) is 5.76 Å². The third kappa shape index (κ3) is 2.81. The van der Waals surface area contributed by atoms with Gasteiger partial charge in [-0.2, -0.15) is 5.10 Å². The fourth-order valence-corrected chi connectivity index (χ4v) is 2.05. The molecule has 1 N–H and O–H groups in total. The second-order valence-electron chi connectivity index (χ2n) is 4.59.